The number of nitrogens with one attached hydrogen (secondary N) is 1. The molecular formula is C16H20N4O4S4. The molecule has 3 rings (SSSR count). The van der Waals surface area contributed by atoms with E-state index >= 15 is 0 Å². The number of anilines is 1. The summed E-state index contributed by atoms with van der Waals surface area (Å²) in [4.78, 5) is 27.5. The Hall–Kier alpha value is -1.34. The quantitative estimate of drug-likeness (QED) is 0.329. The molecule has 28 heavy (non-hydrogen) atoms. The van der Waals surface area contributed by atoms with Crippen LogP contribution in [0, 0.1) is 0 Å². The lowest BCUT2D eigenvalue weighted by Crippen LogP contribution is -2.30. The number of thioether (sulfide) groups is 1. The van der Waals surface area contributed by atoms with Crippen LogP contribution < -0.4 is 9.62 Å². The van der Waals surface area contributed by atoms with E-state index < -0.39 is 10.0 Å². The fourth-order valence-corrected chi connectivity index (χ4v) is 5.81. The van der Waals surface area contributed by atoms with Crippen LogP contribution in [0.3, 0.4) is 0 Å². The topological polar surface area (TPSA) is 109 Å². The summed E-state index contributed by atoms with van der Waals surface area (Å²) < 4.78 is 25.3. The van der Waals surface area contributed by atoms with Gasteiger partial charge in [-0.2, -0.15) is 0 Å². The lowest BCUT2D eigenvalue weighted by Gasteiger charge is -2.15. The first-order chi connectivity index (χ1) is 13.2. The number of aromatic nitrogens is 2. The molecule has 0 unspecified atom stereocenters. The first-order valence-corrected chi connectivity index (χ1v) is 13.1. The van der Waals surface area contributed by atoms with Crippen molar-refractivity contribution in [3.05, 3.63) is 21.9 Å². The molecule has 2 aromatic heterocycles. The highest BCUT2D eigenvalue weighted by molar-refractivity contribution is 8.01. The Morgan fingerprint density at radius 1 is 1.29 bits per heavy atom. The van der Waals surface area contributed by atoms with Crippen molar-refractivity contribution in [1.82, 2.24) is 14.9 Å². The van der Waals surface area contributed by atoms with E-state index in [1.807, 2.05) is 6.07 Å². The third-order valence-corrected chi connectivity index (χ3v) is 7.82. The van der Waals surface area contributed by atoms with E-state index in [1.54, 1.807) is 11.0 Å². The maximum Gasteiger partial charge on any atom is 0.225 e. The molecule has 12 heteroatoms. The molecule has 0 aromatic carbocycles. The summed E-state index contributed by atoms with van der Waals surface area (Å²) in [5, 5.41) is 8.77. The van der Waals surface area contributed by atoms with Gasteiger partial charge in [0.1, 0.15) is 0 Å². The van der Waals surface area contributed by atoms with Gasteiger partial charge in [-0.1, -0.05) is 23.1 Å². The second-order valence-electron chi connectivity index (χ2n) is 6.37. The predicted molar refractivity (Wildman–Crippen MR) is 112 cm³/mol. The summed E-state index contributed by atoms with van der Waals surface area (Å²) in [5.74, 6) is 0.182. The predicted octanol–water partition coefficient (Wildman–Crippen LogP) is 2.18. The lowest BCUT2D eigenvalue weighted by molar-refractivity contribution is -0.116. The van der Waals surface area contributed by atoms with Crippen molar-refractivity contribution in [2.24, 2.45) is 0 Å². The van der Waals surface area contributed by atoms with Crippen molar-refractivity contribution in [3.8, 4) is 0 Å². The normalized spacial score (nSPS) is 14.2. The van der Waals surface area contributed by atoms with E-state index in [1.165, 1.54) is 41.4 Å². The van der Waals surface area contributed by atoms with Crippen LogP contribution in [0.1, 0.15) is 34.3 Å². The number of rotatable bonds is 10. The zero-order valence-electron chi connectivity index (χ0n) is 15.4. The molecule has 1 amide bonds. The van der Waals surface area contributed by atoms with Gasteiger partial charge in [0.25, 0.3) is 0 Å². The van der Waals surface area contributed by atoms with Crippen LogP contribution in [-0.4, -0.2) is 54.9 Å². The molecule has 152 valence electrons. The molecular weight excluding hydrogens is 440 g/mol. The molecule has 8 nitrogen and oxygen atoms in total. The second-order valence-corrected chi connectivity index (χ2v) is 11.5. The molecule has 0 bridgehead atoms. The van der Waals surface area contributed by atoms with Gasteiger partial charge in [-0.05, 0) is 31.4 Å². The molecule has 0 atom stereocenters. The zero-order chi connectivity index (χ0) is 20.3. The minimum atomic E-state index is -3.21. The van der Waals surface area contributed by atoms with Gasteiger partial charge in [0, 0.05) is 24.4 Å². The molecule has 0 spiro atoms. The standard InChI is InChI=1S/C16H20N4O4S4/c1-10(21)20(11-3-4-11)15-18-19-16(27-15)25-9-13(22)14-6-5-12(26-14)7-8-17-28(2,23)24/h5-6,11,17H,3-4,7-9H2,1-2H3. The van der Waals surface area contributed by atoms with Crippen molar-refractivity contribution in [2.45, 2.75) is 36.6 Å². The number of nitrogens with zero attached hydrogens (tertiary/aromatic N) is 3. The minimum Gasteiger partial charge on any atom is -0.292 e. The van der Waals surface area contributed by atoms with Crippen LogP contribution in [0.2, 0.25) is 0 Å². The van der Waals surface area contributed by atoms with Gasteiger partial charge >= 0.3 is 0 Å². The van der Waals surface area contributed by atoms with E-state index in [0.717, 1.165) is 24.0 Å². The summed E-state index contributed by atoms with van der Waals surface area (Å²) in [5.41, 5.74) is 0. The highest BCUT2D eigenvalue weighted by atomic mass is 32.2. The van der Waals surface area contributed by atoms with Gasteiger partial charge in [-0.25, -0.2) is 13.1 Å². The molecule has 1 aliphatic rings. The van der Waals surface area contributed by atoms with Crippen molar-refractivity contribution in [1.29, 1.82) is 0 Å². The average molecular weight is 461 g/mol. The van der Waals surface area contributed by atoms with Crippen molar-refractivity contribution < 1.29 is 18.0 Å². The molecule has 2 aromatic rings. The largest absolute Gasteiger partial charge is 0.292 e. The van der Waals surface area contributed by atoms with Crippen LogP contribution in [0.15, 0.2) is 16.5 Å². The van der Waals surface area contributed by atoms with Crippen molar-refractivity contribution in [3.63, 3.8) is 0 Å². The fourth-order valence-electron chi connectivity index (χ4n) is 2.46. The van der Waals surface area contributed by atoms with Gasteiger partial charge < -0.3 is 0 Å². The van der Waals surface area contributed by atoms with E-state index in [9.17, 15) is 18.0 Å². The fraction of sp³-hybridized carbons (Fsp3) is 0.500. The lowest BCUT2D eigenvalue weighted by atomic mass is 10.3. The van der Waals surface area contributed by atoms with Gasteiger partial charge in [-0.3, -0.25) is 14.5 Å². The summed E-state index contributed by atoms with van der Waals surface area (Å²) in [7, 11) is -3.21. The molecule has 2 heterocycles. The SMILES string of the molecule is CC(=O)N(c1nnc(SCC(=O)c2ccc(CCNS(C)(=O)=O)s2)s1)C1CC1. The molecule has 1 fully saturated rings. The minimum absolute atomic E-state index is 0.0142. The Morgan fingerprint density at radius 3 is 2.68 bits per heavy atom. The molecule has 1 N–H and O–H groups in total. The number of carbonyl (C=O) groups is 2. The first kappa shape index (κ1) is 21.4. The second kappa shape index (κ2) is 8.99. The van der Waals surface area contributed by atoms with E-state index in [2.05, 4.69) is 14.9 Å². The number of sulfonamides is 1. The molecule has 0 aliphatic heterocycles. The Balaban J connectivity index is 1.51. The zero-order valence-corrected chi connectivity index (χ0v) is 18.6. The van der Waals surface area contributed by atoms with Crippen LogP contribution in [0.4, 0.5) is 5.13 Å². The Morgan fingerprint density at radius 2 is 2.04 bits per heavy atom. The number of hydrogen-bond donors (Lipinski definition) is 1. The van der Waals surface area contributed by atoms with Gasteiger partial charge in [0.2, 0.25) is 21.1 Å². The highest BCUT2D eigenvalue weighted by Crippen LogP contribution is 2.36. The van der Waals surface area contributed by atoms with Crippen molar-refractivity contribution in [2.75, 3.05) is 23.5 Å². The maximum atomic E-state index is 12.4. The number of thiophene rings is 1. The molecule has 0 saturated heterocycles. The summed E-state index contributed by atoms with van der Waals surface area (Å²) in [6, 6.07) is 3.83. The molecule has 1 aliphatic carbocycles. The monoisotopic (exact) mass is 460 g/mol. The van der Waals surface area contributed by atoms with Gasteiger partial charge in [0.15, 0.2) is 10.1 Å². The summed E-state index contributed by atoms with van der Waals surface area (Å²) >= 11 is 4.00. The van der Waals surface area contributed by atoms with Crippen LogP contribution in [0.5, 0.6) is 0 Å². The molecule has 1 saturated carbocycles. The van der Waals surface area contributed by atoms with Gasteiger partial charge in [-0.15, -0.1) is 21.5 Å². The average Bonchev–Trinajstić information content (AvgIpc) is 3.13. The van der Waals surface area contributed by atoms with Gasteiger partial charge in [0.05, 0.1) is 16.9 Å². The van der Waals surface area contributed by atoms with Crippen LogP contribution in [0.25, 0.3) is 0 Å². The first-order valence-electron chi connectivity index (χ1n) is 8.55. The Kier molecular flexibility index (Phi) is 6.86. The third kappa shape index (κ3) is 6.08. The van der Waals surface area contributed by atoms with Crippen molar-refractivity contribution >= 4 is 61.3 Å². The highest BCUT2D eigenvalue weighted by Gasteiger charge is 2.34. The van der Waals surface area contributed by atoms with Crippen LogP contribution >= 0.6 is 34.4 Å². The van der Waals surface area contributed by atoms with E-state index in [0.29, 0.717) is 27.3 Å². The Labute approximate surface area is 175 Å². The maximum absolute atomic E-state index is 12.4. The Bertz CT molecular complexity index is 965. The number of ketones is 1. The molecule has 0 radical (unpaired) electrons. The number of Topliss-reactive ketones (excluding diaryl/α,β-unsaturated/α-hetero) is 1. The summed E-state index contributed by atoms with van der Waals surface area (Å²) in [6.07, 6.45) is 3.63. The number of amides is 1. The number of carbonyl (C=O) groups excluding carboxylic acids is 2. The third-order valence-electron chi connectivity index (χ3n) is 3.85. The van der Waals surface area contributed by atoms with E-state index in [-0.39, 0.29) is 23.5 Å². The van der Waals surface area contributed by atoms with Crippen LogP contribution in [-0.2, 0) is 21.2 Å². The summed E-state index contributed by atoms with van der Waals surface area (Å²) in [6.45, 7) is 1.83. The number of hydrogen-bond acceptors (Lipinski definition) is 9. The smallest absolute Gasteiger partial charge is 0.225 e. The van der Waals surface area contributed by atoms with E-state index in [4.69, 9.17) is 0 Å².